The molecular formula is C17H19N3O2S. The van der Waals surface area contributed by atoms with Gasteiger partial charge in [0.25, 0.3) is 5.91 Å². The number of benzene rings is 1. The van der Waals surface area contributed by atoms with E-state index >= 15 is 0 Å². The average Bonchev–Trinajstić information content (AvgIpc) is 3.10. The highest BCUT2D eigenvalue weighted by Gasteiger charge is 2.11. The van der Waals surface area contributed by atoms with E-state index < -0.39 is 0 Å². The van der Waals surface area contributed by atoms with Gasteiger partial charge in [0.15, 0.2) is 0 Å². The Balaban J connectivity index is 1.52. The highest BCUT2D eigenvalue weighted by Crippen LogP contribution is 2.09. The third-order valence-corrected chi connectivity index (χ3v) is 4.43. The van der Waals surface area contributed by atoms with Crippen molar-refractivity contribution < 1.29 is 9.53 Å². The molecule has 1 aliphatic rings. The van der Waals surface area contributed by atoms with E-state index in [0.717, 1.165) is 37.7 Å². The summed E-state index contributed by atoms with van der Waals surface area (Å²) in [4.78, 5) is 15.4. The van der Waals surface area contributed by atoms with E-state index in [9.17, 15) is 4.79 Å². The second kappa shape index (κ2) is 8.01. The number of nitrogens with zero attached hydrogens (tertiary/aromatic N) is 2. The number of hydrazone groups is 1. The van der Waals surface area contributed by atoms with Gasteiger partial charge in [0.1, 0.15) is 0 Å². The van der Waals surface area contributed by atoms with Crippen LogP contribution in [-0.4, -0.2) is 43.3 Å². The molecule has 1 aromatic heterocycles. The molecule has 0 saturated carbocycles. The number of ether oxygens (including phenoxy) is 1. The number of hydrogen-bond acceptors (Lipinski definition) is 5. The Labute approximate surface area is 139 Å². The summed E-state index contributed by atoms with van der Waals surface area (Å²) >= 11 is 1.57. The average molecular weight is 329 g/mol. The first-order valence-electron chi connectivity index (χ1n) is 7.57. The largest absolute Gasteiger partial charge is 0.379 e. The van der Waals surface area contributed by atoms with E-state index in [2.05, 4.69) is 15.4 Å². The second-order valence-corrected chi connectivity index (χ2v) is 6.28. The Kier molecular flexibility index (Phi) is 5.52. The van der Waals surface area contributed by atoms with E-state index in [4.69, 9.17) is 4.74 Å². The van der Waals surface area contributed by atoms with Crippen LogP contribution in [0.15, 0.2) is 46.9 Å². The highest BCUT2D eigenvalue weighted by molar-refractivity contribution is 7.11. The monoisotopic (exact) mass is 329 g/mol. The van der Waals surface area contributed by atoms with Gasteiger partial charge in [0, 0.05) is 30.1 Å². The van der Waals surface area contributed by atoms with Crippen LogP contribution in [0, 0.1) is 0 Å². The molecule has 1 amide bonds. The van der Waals surface area contributed by atoms with Crippen molar-refractivity contribution in [2.45, 2.75) is 6.54 Å². The molecule has 2 aromatic rings. The van der Waals surface area contributed by atoms with Crippen molar-refractivity contribution in [1.82, 2.24) is 10.3 Å². The van der Waals surface area contributed by atoms with Gasteiger partial charge in [0.2, 0.25) is 0 Å². The zero-order chi connectivity index (χ0) is 15.9. The molecule has 3 rings (SSSR count). The molecule has 2 heterocycles. The van der Waals surface area contributed by atoms with Crippen LogP contribution in [0.4, 0.5) is 0 Å². The number of morpholine rings is 1. The lowest BCUT2D eigenvalue weighted by atomic mass is 10.1. The highest BCUT2D eigenvalue weighted by atomic mass is 32.1. The van der Waals surface area contributed by atoms with Gasteiger partial charge < -0.3 is 4.74 Å². The molecular weight excluding hydrogens is 310 g/mol. The SMILES string of the molecule is O=C(N/N=C/c1cccs1)c1ccc(CN2CCOCC2)cc1. The van der Waals surface area contributed by atoms with Crippen molar-refractivity contribution in [3.05, 3.63) is 57.8 Å². The van der Waals surface area contributed by atoms with Crippen LogP contribution in [0.2, 0.25) is 0 Å². The number of amides is 1. The maximum absolute atomic E-state index is 12.0. The fraction of sp³-hybridized carbons (Fsp3) is 0.294. The number of rotatable bonds is 5. The molecule has 6 heteroatoms. The standard InChI is InChI=1S/C17H19N3O2S/c21-17(19-18-12-16-2-1-11-23-16)15-5-3-14(4-6-15)13-20-7-9-22-10-8-20/h1-6,11-12H,7-10,13H2,(H,19,21)/b18-12+. The normalized spacial score (nSPS) is 15.8. The minimum Gasteiger partial charge on any atom is -0.379 e. The summed E-state index contributed by atoms with van der Waals surface area (Å²) in [6, 6.07) is 11.6. The van der Waals surface area contributed by atoms with Crippen molar-refractivity contribution in [3.8, 4) is 0 Å². The zero-order valence-corrected chi connectivity index (χ0v) is 13.6. The lowest BCUT2D eigenvalue weighted by molar-refractivity contribution is 0.0342. The molecule has 120 valence electrons. The summed E-state index contributed by atoms with van der Waals surface area (Å²) in [5, 5.41) is 5.94. The van der Waals surface area contributed by atoms with Crippen LogP contribution in [0.1, 0.15) is 20.8 Å². The van der Waals surface area contributed by atoms with Crippen molar-refractivity contribution >= 4 is 23.5 Å². The molecule has 1 aromatic carbocycles. The van der Waals surface area contributed by atoms with Crippen molar-refractivity contribution in [3.63, 3.8) is 0 Å². The van der Waals surface area contributed by atoms with E-state index in [0.29, 0.717) is 5.56 Å². The lowest BCUT2D eigenvalue weighted by Crippen LogP contribution is -2.35. The Morgan fingerprint density at radius 2 is 2.04 bits per heavy atom. The van der Waals surface area contributed by atoms with Crippen molar-refractivity contribution in [1.29, 1.82) is 0 Å². The molecule has 0 unspecified atom stereocenters. The number of thiophene rings is 1. The molecule has 0 atom stereocenters. The molecule has 0 spiro atoms. The molecule has 23 heavy (non-hydrogen) atoms. The fourth-order valence-electron chi connectivity index (χ4n) is 2.36. The number of nitrogens with one attached hydrogen (secondary N) is 1. The third kappa shape index (κ3) is 4.72. The predicted molar refractivity (Wildman–Crippen MR) is 91.9 cm³/mol. The van der Waals surface area contributed by atoms with E-state index in [1.807, 2.05) is 41.8 Å². The third-order valence-electron chi connectivity index (χ3n) is 3.63. The van der Waals surface area contributed by atoms with E-state index in [-0.39, 0.29) is 5.91 Å². The van der Waals surface area contributed by atoms with Gasteiger partial charge in [-0.15, -0.1) is 11.3 Å². The molecule has 1 N–H and O–H groups in total. The molecule has 0 aliphatic carbocycles. The Hall–Kier alpha value is -2.02. The minimum absolute atomic E-state index is 0.198. The van der Waals surface area contributed by atoms with Crippen molar-refractivity contribution in [2.75, 3.05) is 26.3 Å². The van der Waals surface area contributed by atoms with Crippen LogP contribution >= 0.6 is 11.3 Å². The number of hydrogen-bond donors (Lipinski definition) is 1. The van der Waals surface area contributed by atoms with Crippen LogP contribution in [-0.2, 0) is 11.3 Å². The van der Waals surface area contributed by atoms with E-state index in [1.54, 1.807) is 17.6 Å². The first kappa shape index (κ1) is 15.9. The number of carbonyl (C=O) groups excluding carboxylic acids is 1. The van der Waals surface area contributed by atoms with Gasteiger partial charge in [-0.1, -0.05) is 18.2 Å². The first-order chi connectivity index (χ1) is 11.3. The van der Waals surface area contributed by atoms with E-state index in [1.165, 1.54) is 5.56 Å². The second-order valence-electron chi connectivity index (χ2n) is 5.30. The van der Waals surface area contributed by atoms with Gasteiger partial charge in [0.05, 0.1) is 19.4 Å². The quantitative estimate of drug-likeness (QED) is 0.677. The Bertz CT molecular complexity index is 647. The molecule has 1 fully saturated rings. The molecule has 1 aliphatic heterocycles. The van der Waals surface area contributed by atoms with Crippen LogP contribution in [0.5, 0.6) is 0 Å². The Morgan fingerprint density at radius 1 is 1.26 bits per heavy atom. The number of carbonyl (C=O) groups is 1. The molecule has 1 saturated heterocycles. The van der Waals surface area contributed by atoms with Crippen LogP contribution in [0.3, 0.4) is 0 Å². The summed E-state index contributed by atoms with van der Waals surface area (Å²) in [5.74, 6) is -0.198. The summed E-state index contributed by atoms with van der Waals surface area (Å²) in [5.41, 5.74) is 4.36. The lowest BCUT2D eigenvalue weighted by Gasteiger charge is -2.26. The van der Waals surface area contributed by atoms with Crippen LogP contribution in [0.25, 0.3) is 0 Å². The fourth-order valence-corrected chi connectivity index (χ4v) is 2.95. The van der Waals surface area contributed by atoms with Gasteiger partial charge in [-0.3, -0.25) is 9.69 Å². The first-order valence-corrected chi connectivity index (χ1v) is 8.45. The zero-order valence-electron chi connectivity index (χ0n) is 12.8. The predicted octanol–water partition coefficient (Wildman–Crippen LogP) is 2.34. The summed E-state index contributed by atoms with van der Waals surface area (Å²) in [7, 11) is 0. The van der Waals surface area contributed by atoms with Gasteiger partial charge in [-0.2, -0.15) is 5.10 Å². The minimum atomic E-state index is -0.198. The summed E-state index contributed by atoms with van der Waals surface area (Å²) in [6.07, 6.45) is 1.65. The molecule has 0 bridgehead atoms. The van der Waals surface area contributed by atoms with Gasteiger partial charge >= 0.3 is 0 Å². The maximum Gasteiger partial charge on any atom is 0.271 e. The Morgan fingerprint density at radius 3 is 2.74 bits per heavy atom. The van der Waals surface area contributed by atoms with Gasteiger partial charge in [-0.05, 0) is 29.1 Å². The summed E-state index contributed by atoms with van der Waals surface area (Å²) < 4.78 is 5.35. The molecule has 5 nitrogen and oxygen atoms in total. The topological polar surface area (TPSA) is 53.9 Å². The molecule has 0 radical (unpaired) electrons. The van der Waals surface area contributed by atoms with Crippen LogP contribution < -0.4 is 5.43 Å². The van der Waals surface area contributed by atoms with Crippen molar-refractivity contribution in [2.24, 2.45) is 5.10 Å². The summed E-state index contributed by atoms with van der Waals surface area (Å²) in [6.45, 7) is 4.40. The maximum atomic E-state index is 12.0. The smallest absolute Gasteiger partial charge is 0.271 e. The van der Waals surface area contributed by atoms with Gasteiger partial charge in [-0.25, -0.2) is 5.43 Å².